The zero-order chi connectivity index (χ0) is 97.6. The lowest BCUT2D eigenvalue weighted by atomic mass is 10.0. The summed E-state index contributed by atoms with van der Waals surface area (Å²) in [5.74, 6) is 1.65. The van der Waals surface area contributed by atoms with Crippen LogP contribution in [0.25, 0.3) is 94.5 Å². The van der Waals surface area contributed by atoms with Gasteiger partial charge in [0.25, 0.3) is 5.91 Å². The maximum atomic E-state index is 10.5. The van der Waals surface area contributed by atoms with Crippen LogP contribution in [0.3, 0.4) is 0 Å². The van der Waals surface area contributed by atoms with Crippen molar-refractivity contribution in [3.8, 4) is 0 Å². The molecule has 11 N–H and O–H groups in total. The number of nitrogen functional groups attached to an aromatic ring is 4. The number of hydrogen-bond acceptors (Lipinski definition) is 25. The summed E-state index contributed by atoms with van der Waals surface area (Å²) in [6.45, 7) is 47.4. The second-order valence-corrected chi connectivity index (χ2v) is 35.6. The standard InChI is InChI=1S/C12H18N4.C11H16N4.C11H14N2.C10H15N5.3C10H13N3.C10H12N2.C9H12N4.C6H10N4O/c1-4-7-13-11-6-5-10-12(15-11)16(8-14-10)9(2)3;1-8(2)15-7-13-10-9(14(3)4)5-6-12-11(10)15;1-7(2)8-3-4-9-10(12)5-6-13-11(8)9;1-7(2)15-6-12-8-5-11-10(14(3)4)13-9(8)15;1-7(2)13-6-12-9-8(3)4-5-11-10(9)13;2*1-7(2)13-6-12-10-8(11)4-3-5-9(10)13;1-8(2)12-7-11-9-5-3-4-6-10(9)12;1-6(2)13-5-12-8-7(10)3-4-11-9(8)13;1-4(2)10-3-8-6(9-10)5(7)11/h5-6,8-9H,4,7H2,1-3H3,(H,13,15);5-8H,1-4H3;3,5-7H,4H2,1-2H3,(H2,12,13);5-7H,1-4H3;4-7H,1-3H3;2*3-7H,11H2,1-2H3;3-8H,1-2H3;3-6H,1-2H3,(H2,10,11);3-4H,1-2H3,(H2,7,11). The second-order valence-electron chi connectivity index (χ2n) is 35.6. The lowest BCUT2D eigenvalue weighted by molar-refractivity contribution is 0.0990. The number of allylic oxidation sites excluding steroid dienone is 2. The predicted molar refractivity (Wildman–Crippen MR) is 547 cm³/mol. The molecule has 3 aromatic carbocycles. The van der Waals surface area contributed by atoms with Crippen LogP contribution in [-0.4, -0.2) is 167 Å². The van der Waals surface area contributed by atoms with Crippen molar-refractivity contribution in [2.24, 2.45) is 11.7 Å². The quantitative estimate of drug-likeness (QED) is 0.0489. The average molecular weight is 1820 g/mol. The number of hydrogen-bond donors (Lipinski definition) is 6. The third kappa shape index (κ3) is 24.9. The van der Waals surface area contributed by atoms with Crippen LogP contribution in [0.15, 0.2) is 191 Å². The fourth-order valence-electron chi connectivity index (χ4n) is 14.3. The Hall–Kier alpha value is -14.8. The van der Waals surface area contributed by atoms with Gasteiger partial charge in [0.05, 0.1) is 107 Å². The van der Waals surface area contributed by atoms with Crippen molar-refractivity contribution in [1.82, 2.24) is 126 Å². The highest BCUT2D eigenvalue weighted by atomic mass is 16.1. The maximum absolute atomic E-state index is 10.5. The summed E-state index contributed by atoms with van der Waals surface area (Å²) in [5.41, 5.74) is 52.6. The topological polar surface area (TPSA) is 429 Å². The molecule has 35 nitrogen and oxygen atoms in total. The summed E-state index contributed by atoms with van der Waals surface area (Å²) in [7, 11) is 7.89. The zero-order valence-electron chi connectivity index (χ0n) is 82.6. The molecule has 0 radical (unpaired) electrons. The highest BCUT2D eigenvalue weighted by Gasteiger charge is 2.21. The summed E-state index contributed by atoms with van der Waals surface area (Å²) >= 11 is 0. The first-order valence-corrected chi connectivity index (χ1v) is 45.6. The molecule has 19 rings (SSSR count). The average Bonchev–Trinajstić information content (AvgIpc) is 1.67. The minimum atomic E-state index is -0.593. The number of para-hydroxylation sites is 4. The van der Waals surface area contributed by atoms with Gasteiger partial charge in [-0.3, -0.25) is 9.78 Å². The third-order valence-corrected chi connectivity index (χ3v) is 21.7. The van der Waals surface area contributed by atoms with Crippen molar-refractivity contribution in [2.75, 3.05) is 72.8 Å². The number of nitrogens with two attached hydrogens (primary N) is 5. The number of primary amides is 1. The molecule has 1 amide bonds. The Kier molecular flexibility index (Phi) is 35.0. The fourth-order valence-corrected chi connectivity index (χ4v) is 14.3. The van der Waals surface area contributed by atoms with Crippen molar-refractivity contribution >= 4 is 141 Å². The molecule has 15 aromatic heterocycles. The number of aromatic nitrogens is 26. The van der Waals surface area contributed by atoms with Gasteiger partial charge in [0.1, 0.15) is 50.8 Å². The molecule has 1 aliphatic rings. The number of imidazole rings is 8. The smallest absolute Gasteiger partial charge is 0.288 e. The number of fused-ring (bicyclic) bond motifs is 9. The van der Waals surface area contributed by atoms with E-state index in [2.05, 4.69) is 273 Å². The highest BCUT2D eigenvalue weighted by Crippen LogP contribution is 2.35. The Bertz CT molecular complexity index is 6500. The Morgan fingerprint density at radius 1 is 0.388 bits per heavy atom. The van der Waals surface area contributed by atoms with Gasteiger partial charge < -0.3 is 80.3 Å². The molecule has 0 unspecified atom stereocenters. The molecule has 0 saturated carbocycles. The van der Waals surface area contributed by atoms with Crippen LogP contribution in [0.4, 0.5) is 40.2 Å². The molecule has 35 heteroatoms. The molecule has 0 saturated heterocycles. The SMILES string of the molecule is CC(C)C1=CCc2c(N)ccnc21.CC(C)n1cnc(C(N)=O)n1.CC(C)n1cnc2c(N(C)C)ccnc21.CC(C)n1cnc2c(N)cccc21.CC(C)n1cnc2c(N)cccc21.CC(C)n1cnc2c(N)ccnc21.CC(C)n1cnc2ccccc21.CC(C)n1cnc2cnc(N(C)C)nc21.CCCNc1ccc2ncn(C(C)C)c2n1.Cc1ccnc2c1ncn2C(C)C. The van der Waals surface area contributed by atoms with Crippen molar-refractivity contribution in [1.29, 1.82) is 0 Å². The van der Waals surface area contributed by atoms with E-state index in [0.29, 0.717) is 65.9 Å². The molecule has 0 bridgehead atoms. The van der Waals surface area contributed by atoms with Gasteiger partial charge in [0, 0.05) is 125 Å². The summed E-state index contributed by atoms with van der Waals surface area (Å²) in [4.78, 5) is 83.2. The van der Waals surface area contributed by atoms with Crippen LogP contribution < -0.4 is 43.8 Å². The van der Waals surface area contributed by atoms with Crippen LogP contribution >= 0.6 is 0 Å². The Morgan fingerprint density at radius 2 is 0.821 bits per heavy atom. The molecule has 0 atom stereocenters. The first-order valence-electron chi connectivity index (χ1n) is 45.6. The van der Waals surface area contributed by atoms with Gasteiger partial charge in [-0.1, -0.05) is 51.1 Å². The first-order chi connectivity index (χ1) is 63.8. The van der Waals surface area contributed by atoms with Gasteiger partial charge in [0.15, 0.2) is 28.2 Å². The molecule has 0 fully saturated rings. The zero-order valence-corrected chi connectivity index (χ0v) is 82.6. The number of carbonyl (C=O) groups excluding carboxylic acids is 1. The molecule has 134 heavy (non-hydrogen) atoms. The van der Waals surface area contributed by atoms with E-state index in [4.69, 9.17) is 28.7 Å². The number of aryl methyl sites for hydroxylation is 1. The Labute approximate surface area is 784 Å². The second kappa shape index (κ2) is 46.3. The van der Waals surface area contributed by atoms with Gasteiger partial charge in [-0.2, -0.15) is 4.98 Å². The maximum Gasteiger partial charge on any atom is 0.288 e. The highest BCUT2D eigenvalue weighted by molar-refractivity contribution is 5.90. The van der Waals surface area contributed by atoms with E-state index in [1.807, 2.05) is 198 Å². The Balaban J connectivity index is 0.000000154. The molecule has 708 valence electrons. The first kappa shape index (κ1) is 101. The number of nitrogens with one attached hydrogen (secondary N) is 1. The molecule has 15 heterocycles. The minimum Gasteiger partial charge on any atom is -0.398 e. The molecule has 1 aliphatic carbocycles. The van der Waals surface area contributed by atoms with Gasteiger partial charge in [-0.05, 0) is 234 Å². The number of benzene rings is 3. The third-order valence-electron chi connectivity index (χ3n) is 21.7. The van der Waals surface area contributed by atoms with Crippen LogP contribution in [0.1, 0.15) is 234 Å². The van der Waals surface area contributed by atoms with Crippen LogP contribution in [0.5, 0.6) is 0 Å². The van der Waals surface area contributed by atoms with E-state index in [9.17, 15) is 4.79 Å². The fraction of sp³-hybridized carbons (Fsp3) is 0.394. The number of anilines is 7. The van der Waals surface area contributed by atoms with Crippen molar-refractivity contribution in [2.45, 2.75) is 220 Å². The normalized spacial score (nSPS) is 11.5. The summed E-state index contributed by atoms with van der Waals surface area (Å²) in [5, 5.41) is 7.13. The van der Waals surface area contributed by atoms with Gasteiger partial charge in [-0.15, -0.1) is 5.10 Å². The summed E-state index contributed by atoms with van der Waals surface area (Å²) in [6.07, 6.45) is 29.4. The van der Waals surface area contributed by atoms with E-state index in [0.717, 1.165) is 137 Å². The molecule has 18 aromatic rings. The van der Waals surface area contributed by atoms with E-state index in [1.54, 1.807) is 35.7 Å². The van der Waals surface area contributed by atoms with E-state index in [1.165, 1.54) is 28.5 Å². The predicted octanol–water partition coefficient (Wildman–Crippen LogP) is 19.5. The molecule has 0 spiro atoms. The number of nitrogens with zero attached hydrogens (tertiary/aromatic N) is 28. The number of rotatable bonds is 16. The largest absolute Gasteiger partial charge is 0.398 e. The molecular formula is C99H136N34O. The van der Waals surface area contributed by atoms with E-state index < -0.39 is 5.91 Å². The Morgan fingerprint density at radius 3 is 1.34 bits per heavy atom. The lowest BCUT2D eigenvalue weighted by Gasteiger charge is -2.13. The van der Waals surface area contributed by atoms with Crippen LogP contribution in [-0.2, 0) is 6.42 Å². The summed E-state index contributed by atoms with van der Waals surface area (Å²) in [6, 6.07) is 35.0. The monoisotopic (exact) mass is 1820 g/mol. The minimum absolute atomic E-state index is 0.0682. The van der Waals surface area contributed by atoms with E-state index in [-0.39, 0.29) is 11.9 Å². The van der Waals surface area contributed by atoms with Crippen molar-refractivity contribution < 1.29 is 4.79 Å². The summed E-state index contributed by atoms with van der Waals surface area (Å²) < 4.78 is 18.3. The lowest BCUT2D eigenvalue weighted by Crippen LogP contribution is -2.14. The van der Waals surface area contributed by atoms with Gasteiger partial charge in [0.2, 0.25) is 11.8 Å². The van der Waals surface area contributed by atoms with Crippen LogP contribution in [0.2, 0.25) is 0 Å². The van der Waals surface area contributed by atoms with Gasteiger partial charge in [-0.25, -0.2) is 74.5 Å². The van der Waals surface area contributed by atoms with Crippen molar-refractivity contribution in [3.05, 3.63) is 214 Å². The number of pyridine rings is 5. The number of amides is 1. The van der Waals surface area contributed by atoms with Crippen molar-refractivity contribution in [3.63, 3.8) is 0 Å². The van der Waals surface area contributed by atoms with Crippen LogP contribution in [0, 0.1) is 12.8 Å². The number of carbonyl (C=O) groups is 1. The van der Waals surface area contributed by atoms with Gasteiger partial charge >= 0.3 is 0 Å². The molecular weight excluding hydrogens is 1680 g/mol. The van der Waals surface area contributed by atoms with E-state index >= 15 is 0 Å². The molecule has 0 aliphatic heterocycles.